The summed E-state index contributed by atoms with van der Waals surface area (Å²) < 4.78 is 16.9. The van der Waals surface area contributed by atoms with Gasteiger partial charge < -0.3 is 25.2 Å². The van der Waals surface area contributed by atoms with E-state index < -0.39 is 19.0 Å². The van der Waals surface area contributed by atoms with E-state index in [0.717, 1.165) is 31.4 Å². The van der Waals surface area contributed by atoms with Crippen LogP contribution < -0.4 is 19.9 Å². The van der Waals surface area contributed by atoms with Crippen LogP contribution in [-0.2, 0) is 19.1 Å². The molecule has 11 nitrogen and oxygen atoms in total. The number of carbonyl (C=O) groups is 2. The van der Waals surface area contributed by atoms with E-state index in [-0.39, 0.29) is 12.4 Å². The molecule has 2 rings (SSSR count). The average Bonchev–Trinajstić information content (AvgIpc) is 2.85. The van der Waals surface area contributed by atoms with Gasteiger partial charge in [-0.3, -0.25) is 9.53 Å². The van der Waals surface area contributed by atoms with Crippen LogP contribution in [0.3, 0.4) is 0 Å². The number of anilines is 1. The molecule has 1 aromatic carbocycles. The number of hydrogen-bond acceptors (Lipinski definition) is 7. The van der Waals surface area contributed by atoms with Crippen molar-refractivity contribution in [3.63, 3.8) is 0 Å². The Balaban J connectivity index is 1.89. The Bertz CT molecular complexity index is 1010. The predicted octanol–water partition coefficient (Wildman–Crippen LogP) is 2.60. The number of carboxylic acids is 1. The van der Waals surface area contributed by atoms with Gasteiger partial charge in [0.2, 0.25) is 12.2 Å². The molecule has 1 atom stereocenters. The highest BCUT2D eigenvalue weighted by Gasteiger charge is 2.22. The topological polar surface area (TPSA) is 151 Å². The molecular formula is C23H27ClN5O6+. The maximum absolute atomic E-state index is 10.7. The minimum absolute atomic E-state index is 0.0409. The fourth-order valence-electron chi connectivity index (χ4n) is 3.07. The lowest BCUT2D eigenvalue weighted by molar-refractivity contribution is -0.798. The van der Waals surface area contributed by atoms with E-state index in [9.17, 15) is 9.59 Å². The van der Waals surface area contributed by atoms with Crippen LogP contribution >= 0.6 is 11.6 Å². The molecule has 0 spiro atoms. The third kappa shape index (κ3) is 9.87. The molecule has 0 aliphatic rings. The van der Waals surface area contributed by atoms with Crippen molar-refractivity contribution in [3.05, 3.63) is 53.8 Å². The van der Waals surface area contributed by atoms with Crippen LogP contribution in [0.5, 0.6) is 5.75 Å². The summed E-state index contributed by atoms with van der Waals surface area (Å²) in [5.41, 5.74) is 6.63. The molecule has 0 aliphatic carbocycles. The van der Waals surface area contributed by atoms with E-state index in [1.54, 1.807) is 35.4 Å². The van der Waals surface area contributed by atoms with Gasteiger partial charge in [-0.2, -0.15) is 5.26 Å². The zero-order chi connectivity index (χ0) is 25.5. The number of rotatable bonds is 15. The van der Waals surface area contributed by atoms with Crippen LogP contribution in [0.2, 0.25) is 5.02 Å². The van der Waals surface area contributed by atoms with Gasteiger partial charge in [-0.15, -0.1) is 9.56 Å². The van der Waals surface area contributed by atoms with Crippen molar-refractivity contribution in [3.8, 4) is 11.9 Å². The van der Waals surface area contributed by atoms with Crippen LogP contribution in [0, 0.1) is 11.5 Å². The number of benzene rings is 1. The Hall–Kier alpha value is -3.88. The number of halogens is 1. The van der Waals surface area contributed by atoms with Gasteiger partial charge in [0.15, 0.2) is 19.0 Å². The number of pyridine rings is 1. The molecule has 1 aromatic heterocycles. The summed E-state index contributed by atoms with van der Waals surface area (Å²) in [6.07, 6.45) is 7.03. The smallest absolute Gasteiger partial charge is 0.426 e. The Morgan fingerprint density at radius 3 is 2.51 bits per heavy atom. The fourth-order valence-corrected chi connectivity index (χ4v) is 3.20. The molecule has 35 heavy (non-hydrogen) atoms. The van der Waals surface area contributed by atoms with Gasteiger partial charge in [0.25, 0.3) is 6.47 Å². The van der Waals surface area contributed by atoms with Gasteiger partial charge in [0, 0.05) is 23.7 Å². The number of hydrogen-bond donors (Lipinski definition) is 2. The Labute approximate surface area is 207 Å². The molecule has 0 saturated carbocycles. The van der Waals surface area contributed by atoms with Crippen molar-refractivity contribution in [2.45, 2.75) is 32.1 Å². The summed E-state index contributed by atoms with van der Waals surface area (Å²) in [4.78, 5) is 26.8. The molecule has 2 aromatic rings. The molecule has 186 valence electrons. The highest BCUT2D eigenvalue weighted by atomic mass is 35.5. The zero-order valence-electron chi connectivity index (χ0n) is 19.0. The minimum Gasteiger partial charge on any atom is -0.494 e. The summed E-state index contributed by atoms with van der Waals surface area (Å²) >= 11 is 5.86. The number of aromatic nitrogens is 1. The van der Waals surface area contributed by atoms with Crippen LogP contribution in [0.25, 0.3) is 0 Å². The number of aliphatic imine (C=N–C) groups is 1. The van der Waals surface area contributed by atoms with E-state index in [4.69, 9.17) is 41.9 Å². The summed E-state index contributed by atoms with van der Waals surface area (Å²) in [6, 6.07) is 10.5. The first-order chi connectivity index (χ1) is 16.9. The van der Waals surface area contributed by atoms with Crippen molar-refractivity contribution < 1.29 is 33.5 Å². The standard InChI is InChI=1S/C23H26ClN5O6/c24-18-5-7-20(8-6-18)33-14-4-2-1-3-11-29(22(26)27-16-25)19-9-12-28(13-10-19)23(35-17-30)34-15-21(31)32/h5-10,12-13,17,23H,1-4,11,14-15H2,(H2-,26,27,31,32)/p+1. The Kier molecular flexibility index (Phi) is 11.8. The average molecular weight is 505 g/mol. The number of unbranched alkanes of at least 4 members (excludes halogenated alkanes) is 3. The maximum Gasteiger partial charge on any atom is 0.426 e. The number of nitrogens with two attached hydrogens (primary N) is 1. The highest BCUT2D eigenvalue weighted by Crippen LogP contribution is 2.17. The van der Waals surface area contributed by atoms with E-state index in [1.807, 2.05) is 12.1 Å². The fraction of sp³-hybridized carbons (Fsp3) is 0.348. The molecule has 12 heteroatoms. The molecule has 0 bridgehead atoms. The molecule has 3 N–H and O–H groups in total. The van der Waals surface area contributed by atoms with Gasteiger partial charge in [-0.05, 0) is 37.1 Å². The highest BCUT2D eigenvalue weighted by molar-refractivity contribution is 6.30. The van der Waals surface area contributed by atoms with Gasteiger partial charge in [-0.1, -0.05) is 24.4 Å². The number of nitrogens with zero attached hydrogens (tertiary/aromatic N) is 4. The van der Waals surface area contributed by atoms with Gasteiger partial charge in [-0.25, -0.2) is 4.79 Å². The van der Waals surface area contributed by atoms with Gasteiger partial charge in [0.1, 0.15) is 5.75 Å². The first kappa shape index (κ1) is 27.4. The van der Waals surface area contributed by atoms with Crippen LogP contribution in [0.1, 0.15) is 32.1 Å². The Morgan fingerprint density at radius 2 is 1.89 bits per heavy atom. The minimum atomic E-state index is -1.24. The number of nitriles is 1. The van der Waals surface area contributed by atoms with Crippen molar-refractivity contribution >= 4 is 35.7 Å². The van der Waals surface area contributed by atoms with Gasteiger partial charge >= 0.3 is 12.4 Å². The molecule has 0 radical (unpaired) electrons. The number of guanidine groups is 1. The largest absolute Gasteiger partial charge is 0.494 e. The maximum atomic E-state index is 10.7. The second-order valence-electron chi connectivity index (χ2n) is 7.19. The monoisotopic (exact) mass is 504 g/mol. The molecule has 0 amide bonds. The summed E-state index contributed by atoms with van der Waals surface area (Å²) in [5, 5.41) is 18.3. The summed E-state index contributed by atoms with van der Waals surface area (Å²) in [6.45, 7) is 0.628. The number of carboxylic acid groups (broad SMARTS) is 1. The third-order valence-corrected chi connectivity index (χ3v) is 4.96. The van der Waals surface area contributed by atoms with Crippen molar-refractivity contribution in [2.75, 3.05) is 24.7 Å². The molecular weight excluding hydrogens is 478 g/mol. The zero-order valence-corrected chi connectivity index (χ0v) is 19.7. The van der Waals surface area contributed by atoms with Crippen molar-refractivity contribution in [1.29, 1.82) is 5.26 Å². The van der Waals surface area contributed by atoms with E-state index in [0.29, 0.717) is 23.9 Å². The number of ether oxygens (including phenoxy) is 3. The van der Waals surface area contributed by atoms with Crippen molar-refractivity contribution in [1.82, 2.24) is 0 Å². The number of carbonyl (C=O) groups excluding carboxylic acids is 1. The molecule has 0 aliphatic heterocycles. The normalized spacial score (nSPS) is 11.8. The molecule has 0 saturated heterocycles. The second kappa shape index (κ2) is 15.1. The summed E-state index contributed by atoms with van der Waals surface area (Å²) in [7, 11) is 0. The van der Waals surface area contributed by atoms with E-state index in [2.05, 4.69) is 4.99 Å². The first-order valence-corrected chi connectivity index (χ1v) is 11.1. The third-order valence-electron chi connectivity index (χ3n) is 4.71. The van der Waals surface area contributed by atoms with E-state index in [1.165, 1.54) is 17.0 Å². The lowest BCUT2D eigenvalue weighted by Gasteiger charge is -2.22. The Morgan fingerprint density at radius 1 is 1.20 bits per heavy atom. The lowest BCUT2D eigenvalue weighted by Crippen LogP contribution is -2.43. The molecule has 1 heterocycles. The summed E-state index contributed by atoms with van der Waals surface area (Å²) in [5.74, 6) is -0.388. The van der Waals surface area contributed by atoms with E-state index >= 15 is 0 Å². The van der Waals surface area contributed by atoms with Crippen LogP contribution in [0.4, 0.5) is 5.69 Å². The quantitative estimate of drug-likeness (QED) is 0.0708. The SMILES string of the molecule is N#CN=C(N)N(CCCCCCOc1ccc(Cl)cc1)c1cc[n+](C(OC=O)OCC(=O)O)cc1. The first-order valence-electron chi connectivity index (χ1n) is 10.8. The number of aliphatic carboxylic acids is 1. The van der Waals surface area contributed by atoms with Crippen LogP contribution in [0.15, 0.2) is 53.8 Å². The van der Waals surface area contributed by atoms with Crippen LogP contribution in [-0.4, -0.2) is 43.3 Å². The molecule has 0 fully saturated rings. The lowest BCUT2D eigenvalue weighted by atomic mass is 10.2. The predicted molar refractivity (Wildman–Crippen MR) is 126 cm³/mol. The van der Waals surface area contributed by atoms with Gasteiger partial charge in [0.05, 0.1) is 12.3 Å². The van der Waals surface area contributed by atoms with Crippen molar-refractivity contribution in [2.24, 2.45) is 10.7 Å². The molecule has 1 unspecified atom stereocenters. The second-order valence-corrected chi connectivity index (χ2v) is 7.62.